The molecule has 5 rings (SSSR count). The molecule has 1 atom stereocenters. The molecule has 0 bridgehead atoms. The van der Waals surface area contributed by atoms with Gasteiger partial charge in [0, 0.05) is 43.2 Å². The Morgan fingerprint density at radius 3 is 2.53 bits per heavy atom. The first kappa shape index (κ1) is 34.3. The van der Waals surface area contributed by atoms with Crippen LogP contribution in [0.5, 0.6) is 0 Å². The van der Waals surface area contributed by atoms with Crippen molar-refractivity contribution >= 4 is 38.9 Å². The third-order valence-electron chi connectivity index (χ3n) is 7.48. The summed E-state index contributed by atoms with van der Waals surface area (Å²) >= 11 is 1.40. The molecule has 9 nitrogen and oxygen atoms in total. The Morgan fingerprint density at radius 1 is 1.06 bits per heavy atom. The van der Waals surface area contributed by atoms with E-state index >= 15 is 0 Å². The number of aromatic nitrogens is 3. The average Bonchev–Trinajstić information content (AvgIpc) is 3.45. The van der Waals surface area contributed by atoms with Crippen molar-refractivity contribution in [1.82, 2.24) is 19.9 Å². The molecule has 1 fully saturated rings. The number of rotatable bonds is 9. The van der Waals surface area contributed by atoms with Crippen LogP contribution in [0.2, 0.25) is 0 Å². The van der Waals surface area contributed by atoms with Crippen LogP contribution >= 0.6 is 11.3 Å². The van der Waals surface area contributed by atoms with E-state index in [1.807, 2.05) is 39.5 Å². The molecule has 0 aliphatic carbocycles. The predicted octanol–water partition coefficient (Wildman–Crippen LogP) is 7.45. The van der Waals surface area contributed by atoms with Gasteiger partial charge in [0.05, 0.1) is 27.0 Å². The number of benzene rings is 2. The van der Waals surface area contributed by atoms with Gasteiger partial charge in [0.1, 0.15) is 22.3 Å². The van der Waals surface area contributed by atoms with E-state index in [1.165, 1.54) is 23.5 Å². The molecule has 4 aromatic rings. The Bertz CT molecular complexity index is 1890. The highest BCUT2D eigenvalue weighted by Crippen LogP contribution is 2.40. The van der Waals surface area contributed by atoms with Crippen molar-refractivity contribution in [1.29, 1.82) is 0 Å². The summed E-state index contributed by atoms with van der Waals surface area (Å²) in [6.45, 7) is 11.3. The molecule has 14 heteroatoms. The van der Waals surface area contributed by atoms with Gasteiger partial charge in [-0.1, -0.05) is 34.6 Å². The molecule has 1 saturated heterocycles. The van der Waals surface area contributed by atoms with Crippen LogP contribution in [0, 0.1) is 22.9 Å². The standard InChI is InChI=1S/C33H37F3N6O3S2/c1-19(2)31-40-29(20-8-10-23(35)26(15-20)41-47(44,45)27-16-21(34)9-11-24(27)36)30(46-31)25-12-13-37-32(39-25)38-22-7-6-14-42(18-22)28(43)17-33(3,4)5/h8-13,15-16,19,22,41H,6-7,14,17-18H2,1-5H3,(H,37,38,39)/t22-/m0/s1. The summed E-state index contributed by atoms with van der Waals surface area (Å²) < 4.78 is 70.9. The molecule has 0 spiro atoms. The van der Waals surface area contributed by atoms with Crippen molar-refractivity contribution in [3.05, 3.63) is 71.1 Å². The number of anilines is 2. The molecule has 2 aromatic heterocycles. The fourth-order valence-electron chi connectivity index (χ4n) is 5.21. The molecular formula is C33H37F3N6O3S2. The molecule has 0 saturated carbocycles. The second kappa shape index (κ2) is 13.6. The number of hydrogen-bond acceptors (Lipinski definition) is 8. The first-order chi connectivity index (χ1) is 22.1. The van der Waals surface area contributed by atoms with Gasteiger partial charge in [-0.25, -0.2) is 36.5 Å². The molecule has 1 amide bonds. The molecule has 2 N–H and O–H groups in total. The van der Waals surface area contributed by atoms with Crippen molar-refractivity contribution in [2.45, 2.75) is 70.7 Å². The Morgan fingerprint density at radius 2 is 1.81 bits per heavy atom. The van der Waals surface area contributed by atoms with Crippen LogP contribution in [-0.2, 0) is 14.8 Å². The quantitative estimate of drug-likeness (QED) is 0.188. The summed E-state index contributed by atoms with van der Waals surface area (Å²) in [5.74, 6) is -2.50. The maximum atomic E-state index is 14.9. The van der Waals surface area contributed by atoms with Gasteiger partial charge in [-0.15, -0.1) is 11.3 Å². The monoisotopic (exact) mass is 686 g/mol. The van der Waals surface area contributed by atoms with Crippen LogP contribution in [-0.4, -0.2) is 53.3 Å². The van der Waals surface area contributed by atoms with Gasteiger partial charge < -0.3 is 10.2 Å². The van der Waals surface area contributed by atoms with Crippen LogP contribution in [0.15, 0.2) is 53.6 Å². The van der Waals surface area contributed by atoms with Crippen molar-refractivity contribution in [2.24, 2.45) is 5.41 Å². The Kier molecular flexibility index (Phi) is 9.92. The highest BCUT2D eigenvalue weighted by atomic mass is 32.2. The molecule has 47 heavy (non-hydrogen) atoms. The van der Waals surface area contributed by atoms with E-state index in [0.717, 1.165) is 30.0 Å². The van der Waals surface area contributed by atoms with Gasteiger partial charge in [0.15, 0.2) is 0 Å². The maximum absolute atomic E-state index is 14.9. The van der Waals surface area contributed by atoms with E-state index in [1.54, 1.807) is 12.3 Å². The van der Waals surface area contributed by atoms with Gasteiger partial charge >= 0.3 is 0 Å². The molecule has 1 aliphatic rings. The number of thiazole rings is 1. The number of hydrogen-bond donors (Lipinski definition) is 2. The molecule has 0 unspecified atom stereocenters. The number of halogens is 3. The van der Waals surface area contributed by atoms with Gasteiger partial charge in [-0.2, -0.15) is 0 Å². The Hall–Kier alpha value is -4.04. The lowest BCUT2D eigenvalue weighted by Crippen LogP contribution is -2.46. The lowest BCUT2D eigenvalue weighted by atomic mass is 9.91. The van der Waals surface area contributed by atoms with Crippen LogP contribution in [0.4, 0.5) is 24.8 Å². The number of amides is 1. The topological polar surface area (TPSA) is 117 Å². The number of nitrogens with zero attached hydrogens (tertiary/aromatic N) is 4. The van der Waals surface area contributed by atoms with E-state index in [-0.39, 0.29) is 23.3 Å². The first-order valence-electron chi connectivity index (χ1n) is 15.3. The lowest BCUT2D eigenvalue weighted by molar-refractivity contribution is -0.134. The fourth-order valence-corrected chi connectivity index (χ4v) is 7.42. The third-order valence-corrected chi connectivity index (χ3v) is 10.2. The zero-order valence-electron chi connectivity index (χ0n) is 26.8. The summed E-state index contributed by atoms with van der Waals surface area (Å²) in [5, 5.41) is 4.15. The van der Waals surface area contributed by atoms with E-state index in [9.17, 15) is 26.4 Å². The van der Waals surface area contributed by atoms with Crippen molar-refractivity contribution < 1.29 is 26.4 Å². The fraction of sp³-hybridized carbons (Fsp3) is 0.394. The third kappa shape index (κ3) is 8.28. The Labute approximate surface area is 276 Å². The zero-order chi connectivity index (χ0) is 34.1. The zero-order valence-corrected chi connectivity index (χ0v) is 28.4. The van der Waals surface area contributed by atoms with Crippen LogP contribution < -0.4 is 10.0 Å². The van der Waals surface area contributed by atoms with Crippen LogP contribution in [0.3, 0.4) is 0 Å². The summed E-state index contributed by atoms with van der Waals surface area (Å²) in [6.07, 6.45) is 3.79. The molecule has 250 valence electrons. The highest BCUT2D eigenvalue weighted by Gasteiger charge is 2.28. The van der Waals surface area contributed by atoms with Crippen molar-refractivity contribution in [3.8, 4) is 21.8 Å². The molecule has 2 aromatic carbocycles. The smallest absolute Gasteiger partial charge is 0.265 e. The molecular weight excluding hydrogens is 650 g/mol. The van der Waals surface area contributed by atoms with Crippen LogP contribution in [0.25, 0.3) is 21.8 Å². The van der Waals surface area contributed by atoms with Gasteiger partial charge in [0.2, 0.25) is 11.9 Å². The highest BCUT2D eigenvalue weighted by molar-refractivity contribution is 7.92. The predicted molar refractivity (Wildman–Crippen MR) is 177 cm³/mol. The van der Waals surface area contributed by atoms with E-state index in [0.29, 0.717) is 59.4 Å². The van der Waals surface area contributed by atoms with E-state index < -0.39 is 38.1 Å². The van der Waals surface area contributed by atoms with Gasteiger partial charge in [0.25, 0.3) is 10.0 Å². The van der Waals surface area contributed by atoms with Crippen molar-refractivity contribution in [2.75, 3.05) is 23.1 Å². The summed E-state index contributed by atoms with van der Waals surface area (Å²) in [5.41, 5.74) is 0.814. The van der Waals surface area contributed by atoms with E-state index in [2.05, 4.69) is 15.0 Å². The average molecular weight is 687 g/mol. The summed E-state index contributed by atoms with van der Waals surface area (Å²) in [6, 6.07) is 7.50. The SMILES string of the molecule is CC(C)c1nc(-c2ccc(F)c(NS(=O)(=O)c3cc(F)ccc3F)c2)c(-c2ccnc(N[C@H]3CCCN(C(=O)CC(C)(C)C)C3)n2)s1. The second-order valence-corrected chi connectivity index (χ2v) is 15.8. The van der Waals surface area contributed by atoms with E-state index in [4.69, 9.17) is 9.97 Å². The maximum Gasteiger partial charge on any atom is 0.265 e. The summed E-state index contributed by atoms with van der Waals surface area (Å²) in [7, 11) is -4.67. The summed E-state index contributed by atoms with van der Waals surface area (Å²) in [4.78, 5) is 28.4. The Balaban J connectivity index is 1.44. The molecule has 3 heterocycles. The normalized spacial score (nSPS) is 15.6. The van der Waals surface area contributed by atoms with Gasteiger partial charge in [-0.3, -0.25) is 9.52 Å². The minimum absolute atomic E-state index is 0.0364. The van der Waals surface area contributed by atoms with Crippen LogP contribution in [0.1, 0.15) is 64.8 Å². The number of carbonyl (C=O) groups is 1. The molecule has 0 radical (unpaired) electrons. The second-order valence-electron chi connectivity index (χ2n) is 13.1. The lowest BCUT2D eigenvalue weighted by Gasteiger charge is -2.34. The number of sulfonamides is 1. The minimum atomic E-state index is -4.67. The number of carbonyl (C=O) groups excluding carboxylic acids is 1. The number of likely N-dealkylation sites (tertiary alicyclic amines) is 1. The first-order valence-corrected chi connectivity index (χ1v) is 17.6. The molecule has 1 aliphatic heterocycles. The largest absolute Gasteiger partial charge is 0.350 e. The van der Waals surface area contributed by atoms with Gasteiger partial charge in [-0.05, 0) is 60.7 Å². The number of piperidine rings is 1. The minimum Gasteiger partial charge on any atom is -0.350 e. The number of nitrogens with one attached hydrogen (secondary N) is 2. The van der Waals surface area contributed by atoms with Crippen molar-refractivity contribution in [3.63, 3.8) is 0 Å².